The number of likely N-dealkylation sites (tertiary alicyclic amines) is 1. The summed E-state index contributed by atoms with van der Waals surface area (Å²) >= 11 is 0. The summed E-state index contributed by atoms with van der Waals surface area (Å²) in [7, 11) is 0. The summed E-state index contributed by atoms with van der Waals surface area (Å²) < 4.78 is 17.8. The smallest absolute Gasteiger partial charge is 0.226 e. The Bertz CT molecular complexity index is 484. The Kier molecular flexibility index (Phi) is 5.44. The van der Waals surface area contributed by atoms with E-state index >= 15 is 0 Å². The number of carbonyl (C=O) groups is 1. The van der Waals surface area contributed by atoms with Crippen LogP contribution in [-0.2, 0) is 19.0 Å². The average Bonchev–Trinajstić information content (AvgIpc) is 3.32. The average molecular weight is 349 g/mol. The lowest BCUT2D eigenvalue weighted by atomic mass is 9.87. The fourth-order valence-corrected chi connectivity index (χ4v) is 4.65. The minimum absolute atomic E-state index is 0.0505. The van der Waals surface area contributed by atoms with Crippen LogP contribution in [0.2, 0.25) is 0 Å². The van der Waals surface area contributed by atoms with Crippen LogP contribution in [0.5, 0.6) is 0 Å². The fourth-order valence-electron chi connectivity index (χ4n) is 4.65. The van der Waals surface area contributed by atoms with E-state index in [0.717, 1.165) is 77.9 Å². The van der Waals surface area contributed by atoms with E-state index in [9.17, 15) is 4.79 Å². The zero-order valence-electron chi connectivity index (χ0n) is 15.2. The Balaban J connectivity index is 1.21. The molecule has 0 aromatic heterocycles. The summed E-state index contributed by atoms with van der Waals surface area (Å²) in [5.41, 5.74) is -0.0505. The lowest BCUT2D eigenvalue weighted by Gasteiger charge is -2.39. The molecule has 3 saturated heterocycles. The quantitative estimate of drug-likeness (QED) is 0.732. The lowest BCUT2D eigenvalue weighted by molar-refractivity contribution is -0.139. The van der Waals surface area contributed by atoms with Gasteiger partial charge in [0.15, 0.2) is 0 Å². The highest BCUT2D eigenvalue weighted by molar-refractivity contribution is 5.79. The molecular formula is C20H31NO4. The molecule has 5 nitrogen and oxygen atoms in total. The van der Waals surface area contributed by atoms with Crippen molar-refractivity contribution in [2.75, 3.05) is 39.5 Å². The normalized spacial score (nSPS) is 30.4. The molecule has 0 bridgehead atoms. The van der Waals surface area contributed by atoms with Gasteiger partial charge in [-0.2, -0.15) is 0 Å². The van der Waals surface area contributed by atoms with E-state index in [1.165, 1.54) is 0 Å². The van der Waals surface area contributed by atoms with Gasteiger partial charge in [-0.15, -0.1) is 0 Å². The van der Waals surface area contributed by atoms with Gasteiger partial charge in [-0.3, -0.25) is 4.79 Å². The van der Waals surface area contributed by atoms with Gasteiger partial charge in [0, 0.05) is 38.6 Å². The molecule has 25 heavy (non-hydrogen) atoms. The molecule has 0 N–H and O–H groups in total. The Morgan fingerprint density at radius 2 is 1.88 bits per heavy atom. The highest BCUT2D eigenvalue weighted by Crippen LogP contribution is 2.38. The van der Waals surface area contributed by atoms with Gasteiger partial charge in [-0.1, -0.05) is 12.2 Å². The van der Waals surface area contributed by atoms with Gasteiger partial charge in [-0.05, 0) is 44.4 Å². The van der Waals surface area contributed by atoms with Crippen molar-refractivity contribution >= 4 is 5.91 Å². The van der Waals surface area contributed by atoms with E-state index in [1.807, 2.05) is 0 Å². The maximum Gasteiger partial charge on any atom is 0.226 e. The summed E-state index contributed by atoms with van der Waals surface area (Å²) in [6.45, 7) is 4.97. The Labute approximate surface area is 150 Å². The van der Waals surface area contributed by atoms with Crippen molar-refractivity contribution in [3.05, 3.63) is 12.2 Å². The van der Waals surface area contributed by atoms with Crippen molar-refractivity contribution in [2.24, 2.45) is 11.8 Å². The minimum atomic E-state index is -0.0505. The molecule has 1 aliphatic carbocycles. The second-order valence-electron chi connectivity index (χ2n) is 8.17. The van der Waals surface area contributed by atoms with Crippen LogP contribution in [0.25, 0.3) is 0 Å². The van der Waals surface area contributed by atoms with E-state index in [-0.39, 0.29) is 17.6 Å². The third-order valence-electron chi connectivity index (χ3n) is 6.43. The highest BCUT2D eigenvalue weighted by atomic mass is 16.6. The molecule has 3 aliphatic heterocycles. The van der Waals surface area contributed by atoms with Crippen molar-refractivity contribution < 1.29 is 19.0 Å². The van der Waals surface area contributed by atoms with Crippen LogP contribution >= 0.6 is 0 Å². The summed E-state index contributed by atoms with van der Waals surface area (Å²) in [6.07, 6.45) is 11.5. The molecule has 3 fully saturated rings. The molecule has 1 amide bonds. The summed E-state index contributed by atoms with van der Waals surface area (Å²) in [4.78, 5) is 14.6. The molecule has 1 atom stereocenters. The number of allylic oxidation sites excluding steroid dienone is 2. The molecule has 0 unspecified atom stereocenters. The number of piperidine rings is 1. The van der Waals surface area contributed by atoms with E-state index in [1.54, 1.807) is 0 Å². The highest BCUT2D eigenvalue weighted by Gasteiger charge is 2.44. The van der Waals surface area contributed by atoms with Crippen LogP contribution in [-0.4, -0.2) is 62.0 Å². The third-order valence-corrected chi connectivity index (χ3v) is 6.43. The van der Waals surface area contributed by atoms with Gasteiger partial charge in [0.25, 0.3) is 0 Å². The Morgan fingerprint density at radius 1 is 1.16 bits per heavy atom. The number of rotatable bonds is 4. The predicted octanol–water partition coefficient (Wildman–Crippen LogP) is 2.55. The van der Waals surface area contributed by atoms with Gasteiger partial charge in [0.05, 0.1) is 24.9 Å². The van der Waals surface area contributed by atoms with Crippen LogP contribution in [0, 0.1) is 11.8 Å². The SMILES string of the molecule is O=C(C1CC=CC1)N1CCC2(CC1)C[C@H](OCC1CCOCC1)CO2. The molecule has 1 spiro atoms. The maximum atomic E-state index is 12.6. The number of hydrogen-bond donors (Lipinski definition) is 0. The monoisotopic (exact) mass is 349 g/mol. The van der Waals surface area contributed by atoms with Crippen molar-refractivity contribution in [3.8, 4) is 0 Å². The number of nitrogens with zero attached hydrogens (tertiary/aromatic N) is 1. The molecule has 0 aromatic carbocycles. The molecule has 5 heteroatoms. The Hall–Kier alpha value is -0.910. The first-order valence-electron chi connectivity index (χ1n) is 10.0. The fraction of sp³-hybridized carbons (Fsp3) is 0.850. The van der Waals surface area contributed by atoms with Crippen molar-refractivity contribution in [2.45, 2.75) is 56.7 Å². The summed E-state index contributed by atoms with van der Waals surface area (Å²) in [5.74, 6) is 1.17. The minimum Gasteiger partial charge on any atom is -0.381 e. The van der Waals surface area contributed by atoms with Crippen LogP contribution in [0.1, 0.15) is 44.9 Å². The van der Waals surface area contributed by atoms with Crippen LogP contribution in [0.4, 0.5) is 0 Å². The molecule has 0 aromatic rings. The number of carbonyl (C=O) groups excluding carboxylic acids is 1. The molecule has 4 aliphatic rings. The van der Waals surface area contributed by atoms with E-state index in [4.69, 9.17) is 14.2 Å². The topological polar surface area (TPSA) is 48.0 Å². The summed E-state index contributed by atoms with van der Waals surface area (Å²) in [6, 6.07) is 0. The first-order valence-corrected chi connectivity index (χ1v) is 10.0. The molecule has 3 heterocycles. The number of ether oxygens (including phenoxy) is 3. The van der Waals surface area contributed by atoms with E-state index in [2.05, 4.69) is 17.1 Å². The maximum absolute atomic E-state index is 12.6. The van der Waals surface area contributed by atoms with Crippen LogP contribution < -0.4 is 0 Å². The number of hydrogen-bond acceptors (Lipinski definition) is 4. The van der Waals surface area contributed by atoms with Gasteiger partial charge >= 0.3 is 0 Å². The Morgan fingerprint density at radius 3 is 2.60 bits per heavy atom. The van der Waals surface area contributed by atoms with Crippen molar-refractivity contribution in [3.63, 3.8) is 0 Å². The van der Waals surface area contributed by atoms with Gasteiger partial charge in [0.1, 0.15) is 0 Å². The van der Waals surface area contributed by atoms with Crippen molar-refractivity contribution in [1.82, 2.24) is 4.90 Å². The first kappa shape index (κ1) is 17.5. The summed E-state index contributed by atoms with van der Waals surface area (Å²) in [5, 5.41) is 0. The van der Waals surface area contributed by atoms with Crippen LogP contribution in [0.3, 0.4) is 0 Å². The second kappa shape index (κ2) is 7.77. The standard InChI is InChI=1S/C20H31NO4/c22-19(17-3-1-2-4-17)21-9-7-20(8-10-21)13-18(15-25-20)24-14-16-5-11-23-12-6-16/h1-2,16-18H,3-15H2/t18-/m0/s1. The van der Waals surface area contributed by atoms with E-state index in [0.29, 0.717) is 18.4 Å². The molecule has 0 radical (unpaired) electrons. The predicted molar refractivity (Wildman–Crippen MR) is 94.3 cm³/mol. The van der Waals surface area contributed by atoms with Crippen LogP contribution in [0.15, 0.2) is 12.2 Å². The second-order valence-corrected chi connectivity index (χ2v) is 8.17. The zero-order chi connectivity index (χ0) is 17.1. The van der Waals surface area contributed by atoms with E-state index < -0.39 is 0 Å². The molecule has 0 saturated carbocycles. The lowest BCUT2D eigenvalue weighted by Crippen LogP contribution is -2.48. The first-order chi connectivity index (χ1) is 12.2. The largest absolute Gasteiger partial charge is 0.381 e. The van der Waals surface area contributed by atoms with Gasteiger partial charge < -0.3 is 19.1 Å². The third kappa shape index (κ3) is 4.09. The molecule has 4 rings (SSSR count). The van der Waals surface area contributed by atoms with Crippen molar-refractivity contribution in [1.29, 1.82) is 0 Å². The number of amides is 1. The molecule has 140 valence electrons. The van der Waals surface area contributed by atoms with Gasteiger partial charge in [-0.25, -0.2) is 0 Å². The van der Waals surface area contributed by atoms with Gasteiger partial charge in [0.2, 0.25) is 5.91 Å². The molecular weight excluding hydrogens is 318 g/mol. The zero-order valence-corrected chi connectivity index (χ0v) is 15.2.